The van der Waals surface area contributed by atoms with Gasteiger partial charge in [-0.2, -0.15) is 4.31 Å². The van der Waals surface area contributed by atoms with Gasteiger partial charge >= 0.3 is 0 Å². The second-order valence-electron chi connectivity index (χ2n) is 6.09. The first-order chi connectivity index (χ1) is 11.5. The summed E-state index contributed by atoms with van der Waals surface area (Å²) in [6.07, 6.45) is 5.09. The third-order valence-corrected chi connectivity index (χ3v) is 5.85. The van der Waals surface area contributed by atoms with E-state index in [9.17, 15) is 8.42 Å². The number of imidazole rings is 1. The van der Waals surface area contributed by atoms with Gasteiger partial charge in [0.15, 0.2) is 0 Å². The Morgan fingerprint density at radius 2 is 2.00 bits per heavy atom. The first-order valence-corrected chi connectivity index (χ1v) is 9.40. The number of H-pyrrole nitrogens is 1. The lowest BCUT2D eigenvalue weighted by Gasteiger charge is -2.37. The molecule has 2 aromatic rings. The molecule has 1 fully saturated rings. The second-order valence-corrected chi connectivity index (χ2v) is 7.91. The SMILES string of the molecule is Cc1ccc(/C=C/S(=O)(=O)N2CCN(C)C(c3ncc[nH]3)C2)cc1. The van der Waals surface area contributed by atoms with Gasteiger partial charge in [-0.25, -0.2) is 13.4 Å². The Hall–Kier alpha value is -1.96. The quantitative estimate of drug-likeness (QED) is 0.919. The minimum atomic E-state index is -3.45. The molecular formula is C17H22N4O2S. The van der Waals surface area contributed by atoms with E-state index < -0.39 is 10.0 Å². The van der Waals surface area contributed by atoms with Crippen molar-refractivity contribution >= 4 is 16.1 Å². The average Bonchev–Trinajstić information content (AvgIpc) is 3.09. The van der Waals surface area contributed by atoms with E-state index >= 15 is 0 Å². The van der Waals surface area contributed by atoms with Crippen LogP contribution in [0.4, 0.5) is 0 Å². The molecule has 1 atom stereocenters. The van der Waals surface area contributed by atoms with Crippen molar-refractivity contribution in [1.82, 2.24) is 19.2 Å². The third-order valence-electron chi connectivity index (χ3n) is 4.32. The molecule has 1 aromatic heterocycles. The lowest BCUT2D eigenvalue weighted by atomic mass is 10.2. The summed E-state index contributed by atoms with van der Waals surface area (Å²) in [4.78, 5) is 9.47. The van der Waals surface area contributed by atoms with Gasteiger partial charge in [0, 0.05) is 37.4 Å². The van der Waals surface area contributed by atoms with Crippen molar-refractivity contribution in [3.8, 4) is 0 Å². The minimum Gasteiger partial charge on any atom is -0.347 e. The number of hydrogen-bond acceptors (Lipinski definition) is 4. The van der Waals surface area contributed by atoms with Crippen LogP contribution in [0.25, 0.3) is 6.08 Å². The van der Waals surface area contributed by atoms with E-state index in [1.54, 1.807) is 18.5 Å². The van der Waals surface area contributed by atoms with Crippen LogP contribution in [-0.4, -0.2) is 54.3 Å². The largest absolute Gasteiger partial charge is 0.347 e. The highest BCUT2D eigenvalue weighted by Crippen LogP contribution is 2.23. The molecule has 1 aliphatic rings. The Labute approximate surface area is 142 Å². The van der Waals surface area contributed by atoms with Crippen molar-refractivity contribution in [2.24, 2.45) is 0 Å². The van der Waals surface area contributed by atoms with Crippen LogP contribution in [0.5, 0.6) is 0 Å². The summed E-state index contributed by atoms with van der Waals surface area (Å²) in [7, 11) is -1.47. The molecule has 2 heterocycles. The molecule has 7 heteroatoms. The van der Waals surface area contributed by atoms with Crippen molar-refractivity contribution in [3.05, 3.63) is 59.0 Å². The maximum Gasteiger partial charge on any atom is 0.236 e. The van der Waals surface area contributed by atoms with Crippen LogP contribution >= 0.6 is 0 Å². The maximum absolute atomic E-state index is 12.6. The van der Waals surface area contributed by atoms with Crippen LogP contribution in [0.15, 0.2) is 42.1 Å². The van der Waals surface area contributed by atoms with Crippen LogP contribution in [0.1, 0.15) is 23.0 Å². The fourth-order valence-corrected chi connectivity index (χ4v) is 3.95. The van der Waals surface area contributed by atoms with Gasteiger partial charge in [0.05, 0.1) is 6.04 Å². The predicted octanol–water partition coefficient (Wildman–Crippen LogP) is 2.01. The number of aryl methyl sites for hydroxylation is 1. The van der Waals surface area contributed by atoms with E-state index in [0.29, 0.717) is 19.6 Å². The van der Waals surface area contributed by atoms with Gasteiger partial charge in [-0.1, -0.05) is 29.8 Å². The smallest absolute Gasteiger partial charge is 0.236 e. The number of aromatic amines is 1. The topological polar surface area (TPSA) is 69.3 Å². The molecular weight excluding hydrogens is 324 g/mol. The van der Waals surface area contributed by atoms with Gasteiger partial charge in [0.25, 0.3) is 0 Å². The first-order valence-electron chi connectivity index (χ1n) is 7.90. The molecule has 1 saturated heterocycles. The Kier molecular flexibility index (Phi) is 4.84. The van der Waals surface area contributed by atoms with E-state index in [0.717, 1.165) is 17.0 Å². The second kappa shape index (κ2) is 6.88. The number of nitrogens with zero attached hydrogens (tertiary/aromatic N) is 3. The molecule has 1 unspecified atom stereocenters. The Bertz CT molecular complexity index is 798. The summed E-state index contributed by atoms with van der Waals surface area (Å²) in [6.45, 7) is 3.55. The Morgan fingerprint density at radius 1 is 1.25 bits per heavy atom. The molecule has 0 saturated carbocycles. The van der Waals surface area contributed by atoms with Gasteiger partial charge in [-0.15, -0.1) is 0 Å². The van der Waals surface area contributed by atoms with Crippen molar-refractivity contribution in [3.63, 3.8) is 0 Å². The zero-order valence-corrected chi connectivity index (χ0v) is 14.7. The molecule has 0 aliphatic carbocycles. The molecule has 3 rings (SSSR count). The normalized spacial score (nSPS) is 20.7. The number of piperazine rings is 1. The minimum absolute atomic E-state index is 0.0590. The number of hydrogen-bond donors (Lipinski definition) is 1. The summed E-state index contributed by atoms with van der Waals surface area (Å²) in [5.74, 6) is 0.792. The molecule has 0 radical (unpaired) electrons. The molecule has 128 valence electrons. The number of rotatable bonds is 4. The zero-order chi connectivity index (χ0) is 17.2. The van der Waals surface area contributed by atoms with Crippen molar-refractivity contribution in [1.29, 1.82) is 0 Å². The summed E-state index contributed by atoms with van der Waals surface area (Å²) < 4.78 is 26.8. The van der Waals surface area contributed by atoms with Crippen LogP contribution in [-0.2, 0) is 10.0 Å². The number of benzene rings is 1. The van der Waals surface area contributed by atoms with Gasteiger partial charge in [0.1, 0.15) is 5.82 Å². The van der Waals surface area contributed by atoms with E-state index in [1.807, 2.05) is 38.2 Å². The molecule has 6 nitrogen and oxygen atoms in total. The lowest BCUT2D eigenvalue weighted by Crippen LogP contribution is -2.48. The van der Waals surface area contributed by atoms with Crippen LogP contribution in [0.2, 0.25) is 0 Å². The molecule has 0 amide bonds. The molecule has 1 aromatic carbocycles. The average molecular weight is 346 g/mol. The van der Waals surface area contributed by atoms with Crippen LogP contribution in [0, 0.1) is 6.92 Å². The molecule has 0 spiro atoms. The highest BCUT2D eigenvalue weighted by Gasteiger charge is 2.32. The van der Waals surface area contributed by atoms with Gasteiger partial charge in [-0.3, -0.25) is 4.90 Å². The standard InChI is InChI=1S/C17H22N4O2S/c1-14-3-5-15(6-4-14)7-12-24(22,23)21-11-10-20(2)16(13-21)17-18-8-9-19-17/h3-9,12,16H,10-11,13H2,1-2H3,(H,18,19)/b12-7+. The number of aromatic nitrogens is 2. The predicted molar refractivity (Wildman–Crippen MR) is 94.7 cm³/mol. The molecule has 1 aliphatic heterocycles. The van der Waals surface area contributed by atoms with E-state index in [4.69, 9.17) is 0 Å². The molecule has 0 bridgehead atoms. The monoisotopic (exact) mass is 346 g/mol. The van der Waals surface area contributed by atoms with Gasteiger partial charge < -0.3 is 4.98 Å². The fraction of sp³-hybridized carbons (Fsp3) is 0.353. The van der Waals surface area contributed by atoms with Crippen molar-refractivity contribution in [2.75, 3.05) is 26.7 Å². The van der Waals surface area contributed by atoms with Gasteiger partial charge in [-0.05, 0) is 25.6 Å². The number of sulfonamides is 1. The summed E-state index contributed by atoms with van der Waals surface area (Å²) in [5.41, 5.74) is 2.02. The zero-order valence-electron chi connectivity index (χ0n) is 13.9. The fourth-order valence-electron chi connectivity index (χ4n) is 2.76. The van der Waals surface area contributed by atoms with E-state index in [-0.39, 0.29) is 6.04 Å². The Balaban J connectivity index is 1.75. The number of likely N-dealkylation sites (N-methyl/N-ethyl adjacent to an activating group) is 1. The highest BCUT2D eigenvalue weighted by molar-refractivity contribution is 7.92. The summed E-state index contributed by atoms with van der Waals surface area (Å²) in [6, 6.07) is 7.70. The summed E-state index contributed by atoms with van der Waals surface area (Å²) in [5, 5.41) is 1.29. The van der Waals surface area contributed by atoms with Crippen molar-refractivity contribution in [2.45, 2.75) is 13.0 Å². The third kappa shape index (κ3) is 3.75. The van der Waals surface area contributed by atoms with E-state index in [1.165, 1.54) is 9.71 Å². The van der Waals surface area contributed by atoms with Crippen LogP contribution in [0.3, 0.4) is 0 Å². The summed E-state index contributed by atoms with van der Waals surface area (Å²) >= 11 is 0. The first kappa shape index (κ1) is 16.9. The maximum atomic E-state index is 12.6. The number of nitrogens with one attached hydrogen (secondary N) is 1. The van der Waals surface area contributed by atoms with Gasteiger partial charge in [0.2, 0.25) is 10.0 Å². The lowest BCUT2D eigenvalue weighted by molar-refractivity contribution is 0.143. The van der Waals surface area contributed by atoms with Crippen LogP contribution < -0.4 is 0 Å². The molecule has 1 N–H and O–H groups in total. The Morgan fingerprint density at radius 3 is 2.67 bits per heavy atom. The van der Waals surface area contributed by atoms with E-state index in [2.05, 4.69) is 14.9 Å². The molecule has 24 heavy (non-hydrogen) atoms. The van der Waals surface area contributed by atoms with Crippen molar-refractivity contribution < 1.29 is 8.42 Å². The highest BCUT2D eigenvalue weighted by atomic mass is 32.2.